The Balaban J connectivity index is 0.00000161. The third-order valence-corrected chi connectivity index (χ3v) is 4.91. The minimum atomic E-state index is -0.0143. The van der Waals surface area contributed by atoms with Crippen LogP contribution in [0.3, 0.4) is 0 Å². The van der Waals surface area contributed by atoms with Gasteiger partial charge in [0.25, 0.3) is 5.91 Å². The summed E-state index contributed by atoms with van der Waals surface area (Å²) in [6, 6.07) is 4.84. The van der Waals surface area contributed by atoms with Gasteiger partial charge in [0.05, 0.1) is 10.6 Å². The molecule has 1 aromatic carbocycles. The lowest BCUT2D eigenvalue weighted by Crippen LogP contribution is -2.44. The number of hydrogen-bond donors (Lipinski definition) is 1. The average Bonchev–Trinajstić information content (AvgIpc) is 2.82. The highest BCUT2D eigenvalue weighted by Gasteiger charge is 2.41. The first-order valence-electron chi connectivity index (χ1n) is 7.38. The molecule has 0 radical (unpaired) electrons. The Bertz CT molecular complexity index is 559. The van der Waals surface area contributed by atoms with Crippen molar-refractivity contribution in [3.8, 4) is 0 Å². The fourth-order valence-electron chi connectivity index (χ4n) is 3.38. The van der Waals surface area contributed by atoms with Crippen LogP contribution in [0.4, 0.5) is 0 Å². The number of nitrogens with zero attached hydrogens (tertiary/aromatic N) is 1. The van der Waals surface area contributed by atoms with E-state index in [0.29, 0.717) is 22.5 Å². The smallest absolute Gasteiger partial charge is 0.253 e. The number of benzene rings is 1. The molecular formula is C16H22Cl2N2O. The van der Waals surface area contributed by atoms with Crippen molar-refractivity contribution >= 4 is 29.9 Å². The quantitative estimate of drug-likeness (QED) is 0.903. The maximum Gasteiger partial charge on any atom is 0.253 e. The Kier molecular flexibility index (Phi) is 4.86. The van der Waals surface area contributed by atoms with E-state index in [4.69, 9.17) is 11.6 Å². The number of amides is 1. The topological polar surface area (TPSA) is 32.3 Å². The molecule has 0 bridgehead atoms. The summed E-state index contributed by atoms with van der Waals surface area (Å²) < 4.78 is 0. The molecule has 0 saturated carbocycles. The molecule has 1 amide bonds. The number of likely N-dealkylation sites (tertiary alicyclic amines) is 1. The second kappa shape index (κ2) is 6.15. The summed E-state index contributed by atoms with van der Waals surface area (Å²) in [7, 11) is 0. The Morgan fingerprint density at radius 2 is 2.10 bits per heavy atom. The zero-order chi connectivity index (χ0) is 14.4. The zero-order valence-electron chi connectivity index (χ0n) is 12.6. The third kappa shape index (κ3) is 2.79. The maximum absolute atomic E-state index is 12.3. The molecule has 1 aromatic rings. The van der Waals surface area contributed by atoms with Crippen molar-refractivity contribution in [3.63, 3.8) is 0 Å². The summed E-state index contributed by atoms with van der Waals surface area (Å²) in [6.07, 6.45) is 0.944. The molecule has 0 aliphatic carbocycles. The SMILES string of the molecule is CCc1cc(Cl)c2c(c1)[C@H]1CN(C(C)C)C[C@@H]1NC2=O.Cl. The normalized spacial score (nSPS) is 24.3. The van der Waals surface area contributed by atoms with Crippen LogP contribution in [-0.4, -0.2) is 36.0 Å². The summed E-state index contributed by atoms with van der Waals surface area (Å²) in [6.45, 7) is 8.46. The number of aryl methyl sites for hydroxylation is 1. The lowest BCUT2D eigenvalue weighted by atomic mass is 9.85. The van der Waals surface area contributed by atoms with E-state index in [1.54, 1.807) is 0 Å². The van der Waals surface area contributed by atoms with E-state index in [1.165, 1.54) is 5.56 Å². The van der Waals surface area contributed by atoms with E-state index in [0.717, 1.165) is 25.1 Å². The van der Waals surface area contributed by atoms with Crippen LogP contribution in [0.25, 0.3) is 0 Å². The van der Waals surface area contributed by atoms with E-state index < -0.39 is 0 Å². The van der Waals surface area contributed by atoms with Gasteiger partial charge >= 0.3 is 0 Å². The minimum Gasteiger partial charge on any atom is -0.347 e. The summed E-state index contributed by atoms with van der Waals surface area (Å²) in [5.41, 5.74) is 3.05. The Labute approximate surface area is 137 Å². The minimum absolute atomic E-state index is 0. The van der Waals surface area contributed by atoms with Crippen molar-refractivity contribution < 1.29 is 4.79 Å². The monoisotopic (exact) mass is 328 g/mol. The molecule has 3 rings (SSSR count). The Morgan fingerprint density at radius 3 is 2.71 bits per heavy atom. The molecule has 3 nitrogen and oxygen atoms in total. The predicted molar refractivity (Wildman–Crippen MR) is 88.8 cm³/mol. The number of halogens is 2. The molecule has 2 aliphatic rings. The molecule has 1 N–H and O–H groups in total. The molecule has 2 heterocycles. The molecule has 1 fully saturated rings. The van der Waals surface area contributed by atoms with Crippen molar-refractivity contribution in [2.24, 2.45) is 0 Å². The Hall–Kier alpha value is -0.770. The van der Waals surface area contributed by atoms with Crippen LogP contribution >= 0.6 is 24.0 Å². The predicted octanol–water partition coefficient (Wildman–Crippen LogP) is 3.24. The molecule has 0 spiro atoms. The molecule has 5 heteroatoms. The van der Waals surface area contributed by atoms with Gasteiger partial charge in [-0.25, -0.2) is 0 Å². The summed E-state index contributed by atoms with van der Waals surface area (Å²) in [5, 5.41) is 3.73. The second-order valence-corrected chi connectivity index (χ2v) is 6.54. The lowest BCUT2D eigenvalue weighted by Gasteiger charge is -2.29. The first-order valence-corrected chi connectivity index (χ1v) is 7.76. The highest BCUT2D eigenvalue weighted by atomic mass is 35.5. The van der Waals surface area contributed by atoms with Gasteiger partial charge in [-0.2, -0.15) is 0 Å². The van der Waals surface area contributed by atoms with Gasteiger partial charge in [-0.3, -0.25) is 9.69 Å². The third-order valence-electron chi connectivity index (χ3n) is 4.61. The van der Waals surface area contributed by atoms with Crippen molar-refractivity contribution in [2.45, 2.75) is 45.2 Å². The van der Waals surface area contributed by atoms with Gasteiger partial charge in [-0.1, -0.05) is 24.6 Å². The zero-order valence-corrected chi connectivity index (χ0v) is 14.2. The first-order chi connectivity index (χ1) is 9.51. The summed E-state index contributed by atoms with van der Waals surface area (Å²) in [4.78, 5) is 14.7. The van der Waals surface area contributed by atoms with Crippen LogP contribution < -0.4 is 5.32 Å². The molecule has 0 aromatic heterocycles. The van der Waals surface area contributed by atoms with Gasteiger partial charge < -0.3 is 5.32 Å². The van der Waals surface area contributed by atoms with Crippen LogP contribution in [0.5, 0.6) is 0 Å². The fourth-order valence-corrected chi connectivity index (χ4v) is 3.72. The summed E-state index contributed by atoms with van der Waals surface area (Å²) in [5.74, 6) is 0.355. The molecule has 2 aliphatic heterocycles. The van der Waals surface area contributed by atoms with Gasteiger partial charge in [-0.15, -0.1) is 12.4 Å². The van der Waals surface area contributed by atoms with Crippen molar-refractivity contribution in [3.05, 3.63) is 33.8 Å². The van der Waals surface area contributed by atoms with Crippen molar-refractivity contribution in [1.82, 2.24) is 10.2 Å². The van der Waals surface area contributed by atoms with E-state index in [9.17, 15) is 4.79 Å². The largest absolute Gasteiger partial charge is 0.347 e. The number of rotatable bonds is 2. The highest BCUT2D eigenvalue weighted by Crippen LogP contribution is 2.38. The highest BCUT2D eigenvalue weighted by molar-refractivity contribution is 6.34. The van der Waals surface area contributed by atoms with Crippen molar-refractivity contribution in [2.75, 3.05) is 13.1 Å². The van der Waals surface area contributed by atoms with E-state index in [1.807, 2.05) is 6.07 Å². The van der Waals surface area contributed by atoms with Crippen LogP contribution in [0.15, 0.2) is 12.1 Å². The van der Waals surface area contributed by atoms with Gasteiger partial charge in [0, 0.05) is 31.1 Å². The first kappa shape index (κ1) is 16.6. The van der Waals surface area contributed by atoms with E-state index in [2.05, 4.69) is 37.1 Å². The molecular weight excluding hydrogens is 307 g/mol. The van der Waals surface area contributed by atoms with Crippen LogP contribution in [0, 0.1) is 0 Å². The summed E-state index contributed by atoms with van der Waals surface area (Å²) >= 11 is 6.34. The van der Waals surface area contributed by atoms with Crippen LogP contribution in [-0.2, 0) is 6.42 Å². The molecule has 21 heavy (non-hydrogen) atoms. The van der Waals surface area contributed by atoms with Gasteiger partial charge in [-0.05, 0) is 37.5 Å². The molecule has 2 atom stereocenters. The number of fused-ring (bicyclic) bond motifs is 3. The van der Waals surface area contributed by atoms with E-state index in [-0.39, 0.29) is 24.4 Å². The molecule has 1 saturated heterocycles. The van der Waals surface area contributed by atoms with Gasteiger partial charge in [0.2, 0.25) is 0 Å². The number of carbonyl (C=O) groups is 1. The Morgan fingerprint density at radius 1 is 1.38 bits per heavy atom. The number of carbonyl (C=O) groups excluding carboxylic acids is 1. The van der Waals surface area contributed by atoms with Gasteiger partial charge in [0.15, 0.2) is 0 Å². The maximum atomic E-state index is 12.3. The fraction of sp³-hybridized carbons (Fsp3) is 0.562. The van der Waals surface area contributed by atoms with Crippen LogP contribution in [0.1, 0.15) is 48.2 Å². The van der Waals surface area contributed by atoms with E-state index >= 15 is 0 Å². The van der Waals surface area contributed by atoms with Crippen molar-refractivity contribution in [1.29, 1.82) is 0 Å². The number of nitrogens with one attached hydrogen (secondary N) is 1. The lowest BCUT2D eigenvalue weighted by molar-refractivity contribution is 0.0922. The standard InChI is InChI=1S/C16H21ClN2O.ClH/c1-4-10-5-11-12-7-19(9(2)3)8-14(12)18-16(20)15(11)13(17)6-10;/h5-6,9,12,14H,4,7-8H2,1-3H3,(H,18,20);1H/t12-,14+;/m1./s1. The van der Waals surface area contributed by atoms with Crippen LogP contribution in [0.2, 0.25) is 5.02 Å². The number of hydrogen-bond acceptors (Lipinski definition) is 2. The molecule has 0 unspecified atom stereocenters. The van der Waals surface area contributed by atoms with Gasteiger partial charge in [0.1, 0.15) is 0 Å². The second-order valence-electron chi connectivity index (χ2n) is 6.13. The molecule has 116 valence electrons. The average molecular weight is 329 g/mol.